The molecule has 27 heavy (non-hydrogen) atoms. The number of pyridine rings is 1. The highest BCUT2D eigenvalue weighted by molar-refractivity contribution is 5.93. The van der Waals surface area contributed by atoms with E-state index in [0.29, 0.717) is 6.61 Å². The number of aromatic nitrogens is 1. The number of hydrogen-bond acceptors (Lipinski definition) is 4. The largest absolute Gasteiger partial charge is 0.433 e. The number of amides is 1. The molecule has 2 N–H and O–H groups in total. The van der Waals surface area contributed by atoms with Crippen LogP contribution in [0.5, 0.6) is 0 Å². The van der Waals surface area contributed by atoms with Gasteiger partial charge in [-0.05, 0) is 23.3 Å². The molecule has 1 aliphatic heterocycles. The number of hydrogen-bond donors (Lipinski definition) is 2. The standard InChI is InChI=1S/C18H18F3N3O2.ClH/c19-18(20,21)16-6-5-14(10-23-16)17(25)24-9-12-1-3-13(4-2-12)15-11-22-7-8-26-15;/h1-6,10,15,22H,7-9,11H2,(H,24,25);1H. The molecule has 2 heterocycles. The SMILES string of the molecule is Cl.O=C(NCc1ccc(C2CNCCO2)cc1)c1ccc(C(F)(F)F)nc1. The van der Waals surface area contributed by atoms with Crippen LogP contribution >= 0.6 is 12.4 Å². The first-order chi connectivity index (χ1) is 12.4. The normalized spacial score (nSPS) is 17.1. The molecule has 0 aliphatic carbocycles. The lowest BCUT2D eigenvalue weighted by molar-refractivity contribution is -0.141. The van der Waals surface area contributed by atoms with Gasteiger partial charge in [-0.15, -0.1) is 12.4 Å². The van der Waals surface area contributed by atoms with Crippen molar-refractivity contribution >= 4 is 18.3 Å². The maximum Gasteiger partial charge on any atom is 0.433 e. The molecule has 2 aromatic rings. The van der Waals surface area contributed by atoms with Crippen molar-refractivity contribution < 1.29 is 22.7 Å². The van der Waals surface area contributed by atoms with E-state index in [1.165, 1.54) is 0 Å². The molecule has 1 unspecified atom stereocenters. The van der Waals surface area contributed by atoms with E-state index in [1.54, 1.807) is 0 Å². The van der Waals surface area contributed by atoms with Gasteiger partial charge in [0.2, 0.25) is 0 Å². The predicted molar refractivity (Wildman–Crippen MR) is 95.7 cm³/mol. The molecule has 0 radical (unpaired) electrons. The number of morpholine rings is 1. The summed E-state index contributed by atoms with van der Waals surface area (Å²) in [6, 6.07) is 9.57. The highest BCUT2D eigenvalue weighted by atomic mass is 35.5. The number of halogens is 4. The minimum absolute atomic E-state index is 0. The van der Waals surface area contributed by atoms with Crippen LogP contribution in [-0.2, 0) is 17.5 Å². The van der Waals surface area contributed by atoms with E-state index in [0.717, 1.165) is 42.5 Å². The topological polar surface area (TPSA) is 63.2 Å². The summed E-state index contributed by atoms with van der Waals surface area (Å²) in [5.74, 6) is -0.477. The van der Waals surface area contributed by atoms with E-state index < -0.39 is 17.8 Å². The number of nitrogens with zero attached hydrogens (tertiary/aromatic N) is 1. The zero-order valence-corrected chi connectivity index (χ0v) is 15.1. The van der Waals surface area contributed by atoms with Gasteiger partial charge in [-0.2, -0.15) is 13.2 Å². The third-order valence-corrected chi connectivity index (χ3v) is 4.05. The molecule has 146 valence electrons. The Bertz CT molecular complexity index is 746. The number of carbonyl (C=O) groups excluding carboxylic acids is 1. The summed E-state index contributed by atoms with van der Waals surface area (Å²) < 4.78 is 43.1. The average Bonchev–Trinajstić information content (AvgIpc) is 2.66. The Morgan fingerprint density at radius 3 is 2.52 bits per heavy atom. The first-order valence-electron chi connectivity index (χ1n) is 8.16. The van der Waals surface area contributed by atoms with E-state index in [2.05, 4.69) is 15.6 Å². The van der Waals surface area contributed by atoms with Crippen molar-refractivity contribution in [1.82, 2.24) is 15.6 Å². The van der Waals surface area contributed by atoms with E-state index in [-0.39, 0.29) is 30.6 Å². The summed E-state index contributed by atoms with van der Waals surface area (Å²) in [5.41, 5.74) is 0.991. The molecule has 1 saturated heterocycles. The Balaban J connectivity index is 0.00000261. The van der Waals surface area contributed by atoms with Crippen LogP contribution in [0.4, 0.5) is 13.2 Å². The lowest BCUT2D eigenvalue weighted by atomic mass is 10.1. The summed E-state index contributed by atoms with van der Waals surface area (Å²) >= 11 is 0. The fourth-order valence-electron chi connectivity index (χ4n) is 2.61. The van der Waals surface area contributed by atoms with Gasteiger partial charge in [-0.3, -0.25) is 9.78 Å². The molecule has 1 aromatic carbocycles. The van der Waals surface area contributed by atoms with Crippen LogP contribution in [0, 0.1) is 0 Å². The van der Waals surface area contributed by atoms with Crippen molar-refractivity contribution in [3.8, 4) is 0 Å². The number of benzene rings is 1. The summed E-state index contributed by atoms with van der Waals surface area (Å²) in [5, 5.41) is 5.93. The maximum absolute atomic E-state index is 12.5. The minimum Gasteiger partial charge on any atom is -0.371 e. The zero-order chi connectivity index (χ0) is 18.6. The molecule has 9 heteroatoms. The molecule has 1 aliphatic rings. The summed E-state index contributed by atoms with van der Waals surface area (Å²) in [6.45, 7) is 2.55. The molecule has 0 bridgehead atoms. The Labute approximate surface area is 160 Å². The Hall–Kier alpha value is -2.16. The molecule has 1 atom stereocenters. The highest BCUT2D eigenvalue weighted by Crippen LogP contribution is 2.27. The minimum atomic E-state index is -4.52. The van der Waals surface area contributed by atoms with E-state index >= 15 is 0 Å². The predicted octanol–water partition coefficient (Wildman–Crippen LogP) is 3.11. The van der Waals surface area contributed by atoms with Crippen molar-refractivity contribution in [2.75, 3.05) is 19.7 Å². The van der Waals surface area contributed by atoms with Crippen LogP contribution in [0.3, 0.4) is 0 Å². The van der Waals surface area contributed by atoms with Gasteiger partial charge in [0.15, 0.2) is 0 Å². The van der Waals surface area contributed by atoms with Gasteiger partial charge < -0.3 is 15.4 Å². The van der Waals surface area contributed by atoms with Gasteiger partial charge in [0.1, 0.15) is 5.69 Å². The van der Waals surface area contributed by atoms with Gasteiger partial charge >= 0.3 is 6.18 Å². The summed E-state index contributed by atoms with van der Waals surface area (Å²) in [7, 11) is 0. The first-order valence-corrected chi connectivity index (χ1v) is 8.16. The second-order valence-electron chi connectivity index (χ2n) is 5.92. The van der Waals surface area contributed by atoms with Gasteiger partial charge in [0.25, 0.3) is 5.91 Å². The number of alkyl halides is 3. The third kappa shape index (κ3) is 5.66. The Morgan fingerprint density at radius 1 is 1.22 bits per heavy atom. The van der Waals surface area contributed by atoms with E-state index in [1.807, 2.05) is 24.3 Å². The number of ether oxygens (including phenoxy) is 1. The van der Waals surface area contributed by atoms with Crippen molar-refractivity contribution in [2.45, 2.75) is 18.8 Å². The van der Waals surface area contributed by atoms with Crippen molar-refractivity contribution in [3.63, 3.8) is 0 Å². The van der Waals surface area contributed by atoms with Crippen molar-refractivity contribution in [1.29, 1.82) is 0 Å². The van der Waals surface area contributed by atoms with Crippen LogP contribution in [0.15, 0.2) is 42.6 Å². The highest BCUT2D eigenvalue weighted by Gasteiger charge is 2.32. The molecule has 3 rings (SSSR count). The van der Waals surface area contributed by atoms with Crippen molar-refractivity contribution in [2.24, 2.45) is 0 Å². The first kappa shape index (κ1) is 21.1. The van der Waals surface area contributed by atoms with Gasteiger partial charge in [-0.1, -0.05) is 24.3 Å². The quantitative estimate of drug-likeness (QED) is 0.826. The zero-order valence-electron chi connectivity index (χ0n) is 14.3. The lowest BCUT2D eigenvalue weighted by Crippen LogP contribution is -2.33. The summed E-state index contributed by atoms with van der Waals surface area (Å²) in [6.07, 6.45) is -3.58. The monoisotopic (exact) mass is 401 g/mol. The molecule has 5 nitrogen and oxygen atoms in total. The van der Waals surface area contributed by atoms with Crippen LogP contribution in [-0.4, -0.2) is 30.6 Å². The van der Waals surface area contributed by atoms with Crippen LogP contribution < -0.4 is 10.6 Å². The number of carbonyl (C=O) groups is 1. The molecule has 1 fully saturated rings. The van der Waals surface area contributed by atoms with Crippen molar-refractivity contribution in [3.05, 3.63) is 65.0 Å². The molecule has 0 saturated carbocycles. The molecule has 0 spiro atoms. The Morgan fingerprint density at radius 2 is 1.96 bits per heavy atom. The smallest absolute Gasteiger partial charge is 0.371 e. The van der Waals surface area contributed by atoms with Crippen LogP contribution in [0.1, 0.15) is 33.3 Å². The van der Waals surface area contributed by atoms with Gasteiger partial charge in [0.05, 0.1) is 18.3 Å². The lowest BCUT2D eigenvalue weighted by Gasteiger charge is -2.24. The van der Waals surface area contributed by atoms with Crippen LogP contribution in [0.25, 0.3) is 0 Å². The van der Waals surface area contributed by atoms with E-state index in [4.69, 9.17) is 4.74 Å². The van der Waals surface area contributed by atoms with Gasteiger partial charge in [-0.25, -0.2) is 0 Å². The third-order valence-electron chi connectivity index (χ3n) is 4.05. The fraction of sp³-hybridized carbons (Fsp3) is 0.333. The number of nitrogens with one attached hydrogen (secondary N) is 2. The van der Waals surface area contributed by atoms with E-state index in [9.17, 15) is 18.0 Å². The molecular weight excluding hydrogens is 383 g/mol. The Kier molecular flexibility index (Phi) is 7.18. The van der Waals surface area contributed by atoms with Crippen LogP contribution in [0.2, 0.25) is 0 Å². The summed E-state index contributed by atoms with van der Waals surface area (Å²) in [4.78, 5) is 15.3. The second-order valence-corrected chi connectivity index (χ2v) is 5.92. The maximum atomic E-state index is 12.5. The molecular formula is C18H19ClF3N3O2. The van der Waals surface area contributed by atoms with Gasteiger partial charge in [0, 0.05) is 25.8 Å². The average molecular weight is 402 g/mol. The fourth-order valence-corrected chi connectivity index (χ4v) is 2.61. The molecule has 1 aromatic heterocycles. The second kappa shape index (κ2) is 9.16. The molecule has 1 amide bonds. The number of rotatable bonds is 4.